The van der Waals surface area contributed by atoms with Gasteiger partial charge in [0.15, 0.2) is 0 Å². The number of rotatable bonds is 5. The number of aryl methyl sites for hydroxylation is 1. The quantitative estimate of drug-likeness (QED) is 0.865. The lowest BCUT2D eigenvalue weighted by molar-refractivity contribution is 0.148. The maximum atomic E-state index is 12.1. The normalized spacial score (nSPS) is 22.1. The first-order chi connectivity index (χ1) is 11.8. The molecule has 0 aliphatic carbocycles. The van der Waals surface area contributed by atoms with Crippen LogP contribution >= 0.6 is 0 Å². The number of hydrogen-bond acceptors (Lipinski definition) is 5. The Labute approximate surface area is 149 Å². The van der Waals surface area contributed by atoms with E-state index in [1.54, 1.807) is 6.20 Å². The molecule has 1 N–H and O–H groups in total. The highest BCUT2D eigenvalue weighted by atomic mass is 32.2. The topological polar surface area (TPSA) is 73.7 Å². The van der Waals surface area contributed by atoms with Gasteiger partial charge in [-0.05, 0) is 24.1 Å². The zero-order chi connectivity index (χ0) is 18.2. The number of aliphatic hydroxyl groups excluding tert-OH is 1. The van der Waals surface area contributed by atoms with Crippen molar-refractivity contribution in [3.63, 3.8) is 0 Å². The Morgan fingerprint density at radius 2 is 2.04 bits per heavy atom. The van der Waals surface area contributed by atoms with Crippen LogP contribution in [-0.4, -0.2) is 66.8 Å². The average Bonchev–Trinajstić information content (AvgIpc) is 2.89. The number of sulfonamides is 1. The lowest BCUT2D eigenvalue weighted by Crippen LogP contribution is -2.33. The molecule has 0 spiro atoms. The van der Waals surface area contributed by atoms with Crippen LogP contribution < -0.4 is 0 Å². The Kier molecular flexibility index (Phi) is 5.11. The van der Waals surface area contributed by atoms with Gasteiger partial charge in [-0.1, -0.05) is 18.2 Å². The highest BCUT2D eigenvalue weighted by molar-refractivity contribution is 7.89. The Bertz CT molecular complexity index is 867. The van der Waals surface area contributed by atoms with E-state index >= 15 is 0 Å². The lowest BCUT2D eigenvalue weighted by Gasteiger charge is -2.18. The summed E-state index contributed by atoms with van der Waals surface area (Å²) in [5.74, 6) is -0.282. The molecular formula is C18H25N3O3S. The molecule has 136 valence electrons. The number of β-amino-alcohol motifs (C(OH)–C–C–N with tert-alkyl or cyclic N) is 1. The van der Waals surface area contributed by atoms with Crippen molar-refractivity contribution in [1.29, 1.82) is 0 Å². The van der Waals surface area contributed by atoms with Crippen LogP contribution in [0.3, 0.4) is 0 Å². The number of pyridine rings is 1. The molecule has 0 saturated carbocycles. The largest absolute Gasteiger partial charge is 0.391 e. The van der Waals surface area contributed by atoms with Gasteiger partial charge in [-0.2, -0.15) is 0 Å². The molecule has 2 atom stereocenters. The highest BCUT2D eigenvalue weighted by Gasteiger charge is 2.35. The fourth-order valence-corrected chi connectivity index (χ4v) is 4.57. The maximum absolute atomic E-state index is 12.1. The van der Waals surface area contributed by atoms with E-state index < -0.39 is 16.1 Å². The molecule has 1 aliphatic heterocycles. The zero-order valence-corrected chi connectivity index (χ0v) is 15.7. The molecule has 2 aromatic rings. The Morgan fingerprint density at radius 3 is 2.76 bits per heavy atom. The van der Waals surface area contributed by atoms with Crippen LogP contribution in [-0.2, 0) is 16.6 Å². The number of hydrogen-bond donors (Lipinski definition) is 1. The van der Waals surface area contributed by atoms with E-state index in [1.165, 1.54) is 18.4 Å². The second-order valence-corrected chi connectivity index (χ2v) is 9.25. The monoisotopic (exact) mass is 363 g/mol. The minimum Gasteiger partial charge on any atom is -0.391 e. The second kappa shape index (κ2) is 6.99. The molecule has 2 heterocycles. The molecule has 6 nitrogen and oxygen atoms in total. The van der Waals surface area contributed by atoms with E-state index in [4.69, 9.17) is 0 Å². The first-order valence-corrected chi connectivity index (χ1v) is 10.0. The summed E-state index contributed by atoms with van der Waals surface area (Å²) in [6, 6.07) is 8.14. The summed E-state index contributed by atoms with van der Waals surface area (Å²) < 4.78 is 25.4. The molecule has 1 saturated heterocycles. The fraction of sp³-hybridized carbons (Fsp3) is 0.500. The van der Waals surface area contributed by atoms with Crippen molar-refractivity contribution >= 4 is 20.9 Å². The van der Waals surface area contributed by atoms with Crippen LogP contribution in [0.5, 0.6) is 0 Å². The van der Waals surface area contributed by atoms with Gasteiger partial charge in [0.1, 0.15) is 0 Å². The highest BCUT2D eigenvalue weighted by Crippen LogP contribution is 2.25. The number of fused-ring (bicyclic) bond motifs is 1. The molecule has 3 rings (SSSR count). The smallest absolute Gasteiger partial charge is 0.214 e. The van der Waals surface area contributed by atoms with Crippen LogP contribution in [0.15, 0.2) is 30.5 Å². The lowest BCUT2D eigenvalue weighted by atomic mass is 10.0. The third kappa shape index (κ3) is 3.84. The Balaban J connectivity index is 1.76. The van der Waals surface area contributed by atoms with Crippen molar-refractivity contribution in [2.45, 2.75) is 19.6 Å². The van der Waals surface area contributed by atoms with Crippen molar-refractivity contribution in [1.82, 2.24) is 14.2 Å². The van der Waals surface area contributed by atoms with Crippen LogP contribution in [0.2, 0.25) is 0 Å². The molecule has 1 fully saturated rings. The summed E-state index contributed by atoms with van der Waals surface area (Å²) in [5.41, 5.74) is 3.28. The summed E-state index contributed by atoms with van der Waals surface area (Å²) in [6.45, 7) is 3.78. The third-order valence-corrected chi connectivity index (χ3v) is 6.88. The molecule has 0 bridgehead atoms. The minimum atomic E-state index is -3.31. The molecule has 1 aromatic heterocycles. The molecule has 1 aromatic carbocycles. The minimum absolute atomic E-state index is 0.0200. The van der Waals surface area contributed by atoms with Crippen molar-refractivity contribution in [3.05, 3.63) is 41.6 Å². The summed E-state index contributed by atoms with van der Waals surface area (Å²) >= 11 is 0. The third-order valence-electron chi connectivity index (χ3n) is 4.92. The Morgan fingerprint density at radius 1 is 1.28 bits per heavy atom. The maximum Gasteiger partial charge on any atom is 0.214 e. The summed E-state index contributed by atoms with van der Waals surface area (Å²) in [5, 5.41) is 11.4. The molecule has 0 radical (unpaired) electrons. The van der Waals surface area contributed by atoms with Crippen molar-refractivity contribution < 1.29 is 13.5 Å². The van der Waals surface area contributed by atoms with Crippen LogP contribution in [0.25, 0.3) is 10.9 Å². The summed E-state index contributed by atoms with van der Waals surface area (Å²) in [4.78, 5) is 6.58. The molecule has 1 aliphatic rings. The molecule has 25 heavy (non-hydrogen) atoms. The molecule has 0 unspecified atom stereocenters. The molecule has 7 heteroatoms. The van der Waals surface area contributed by atoms with E-state index in [9.17, 15) is 13.5 Å². The summed E-state index contributed by atoms with van der Waals surface area (Å²) in [7, 11) is -0.259. The van der Waals surface area contributed by atoms with E-state index in [0.29, 0.717) is 19.6 Å². The van der Waals surface area contributed by atoms with Gasteiger partial charge in [-0.25, -0.2) is 12.7 Å². The number of benzene rings is 1. The van der Waals surface area contributed by atoms with E-state index in [1.807, 2.05) is 13.0 Å². The van der Waals surface area contributed by atoms with Gasteiger partial charge in [0.25, 0.3) is 0 Å². The number of likely N-dealkylation sites (tertiary alicyclic amines) is 1. The van der Waals surface area contributed by atoms with E-state index in [0.717, 1.165) is 22.0 Å². The fourth-order valence-electron chi connectivity index (χ4n) is 3.41. The molecule has 0 amide bonds. The van der Waals surface area contributed by atoms with Gasteiger partial charge < -0.3 is 5.11 Å². The average molecular weight is 363 g/mol. The first-order valence-electron chi connectivity index (χ1n) is 8.42. The van der Waals surface area contributed by atoms with E-state index in [-0.39, 0.29) is 11.7 Å². The van der Waals surface area contributed by atoms with Gasteiger partial charge in [0.2, 0.25) is 10.0 Å². The SMILES string of the molecule is Cc1ccc(CN2C[C@@H](CS(=O)(=O)N(C)C)[C@@H](O)C2)c2cccnc12. The van der Waals surface area contributed by atoms with Gasteiger partial charge in [0.05, 0.1) is 17.4 Å². The predicted molar refractivity (Wildman–Crippen MR) is 98.7 cm³/mol. The van der Waals surface area contributed by atoms with Crippen LogP contribution in [0.4, 0.5) is 0 Å². The van der Waals surface area contributed by atoms with Gasteiger partial charge in [-0.15, -0.1) is 0 Å². The second-order valence-electron chi connectivity index (χ2n) is 7.02. The van der Waals surface area contributed by atoms with E-state index in [2.05, 4.69) is 28.1 Å². The van der Waals surface area contributed by atoms with Crippen molar-refractivity contribution in [2.75, 3.05) is 32.9 Å². The standard InChI is InChI=1S/C18H25N3O3S/c1-13-6-7-14(16-5-4-8-19-18(13)16)9-21-10-15(17(22)11-21)12-25(23,24)20(2)3/h4-8,15,17,22H,9-12H2,1-3H3/t15-,17-/m0/s1. The van der Waals surface area contributed by atoms with Crippen LogP contribution in [0, 0.1) is 12.8 Å². The van der Waals surface area contributed by atoms with Crippen molar-refractivity contribution in [2.24, 2.45) is 5.92 Å². The first kappa shape index (κ1) is 18.3. The zero-order valence-electron chi connectivity index (χ0n) is 14.9. The Hall–Kier alpha value is -1.54. The molecular weight excluding hydrogens is 338 g/mol. The van der Waals surface area contributed by atoms with Crippen molar-refractivity contribution in [3.8, 4) is 0 Å². The number of aliphatic hydroxyl groups is 1. The number of aromatic nitrogens is 1. The van der Waals surface area contributed by atoms with Gasteiger partial charge in [-0.3, -0.25) is 9.88 Å². The van der Waals surface area contributed by atoms with Crippen LogP contribution in [0.1, 0.15) is 11.1 Å². The van der Waals surface area contributed by atoms with Gasteiger partial charge >= 0.3 is 0 Å². The van der Waals surface area contributed by atoms with Gasteiger partial charge in [0, 0.05) is 51.2 Å². The predicted octanol–water partition coefficient (Wildman–Crippen LogP) is 1.23. The summed E-state index contributed by atoms with van der Waals surface area (Å²) in [6.07, 6.45) is 1.17. The number of nitrogens with zero attached hydrogens (tertiary/aromatic N) is 3.